The van der Waals surface area contributed by atoms with Gasteiger partial charge in [0.2, 0.25) is 0 Å². The van der Waals surface area contributed by atoms with Crippen molar-refractivity contribution in [3.05, 3.63) is 70.9 Å². The Kier molecular flexibility index (Phi) is 8.00. The molecule has 0 saturated heterocycles. The predicted molar refractivity (Wildman–Crippen MR) is 114 cm³/mol. The summed E-state index contributed by atoms with van der Waals surface area (Å²) in [7, 11) is 1.26. The molecular formula is C23H25N3O4. The fraction of sp³-hybridized carbons (Fsp3) is 0.261. The average molecular weight is 407 g/mol. The normalized spacial score (nSPS) is 11.8. The van der Waals surface area contributed by atoms with Gasteiger partial charge < -0.3 is 20.1 Å². The van der Waals surface area contributed by atoms with E-state index in [1.54, 1.807) is 18.2 Å². The van der Waals surface area contributed by atoms with Gasteiger partial charge in [-0.05, 0) is 39.0 Å². The van der Waals surface area contributed by atoms with E-state index < -0.39 is 11.9 Å². The van der Waals surface area contributed by atoms with Gasteiger partial charge in [-0.3, -0.25) is 4.79 Å². The lowest BCUT2D eigenvalue weighted by molar-refractivity contribution is -0.112. The number of benzene rings is 2. The number of nitrogens with one attached hydrogen (secondary N) is 2. The number of rotatable bonds is 8. The molecule has 0 saturated carbocycles. The molecule has 0 aliphatic heterocycles. The Balaban J connectivity index is 2.19. The van der Waals surface area contributed by atoms with Gasteiger partial charge in [0, 0.05) is 11.8 Å². The Morgan fingerprint density at radius 2 is 1.97 bits per heavy atom. The van der Waals surface area contributed by atoms with Crippen molar-refractivity contribution in [2.75, 3.05) is 19.0 Å². The van der Waals surface area contributed by atoms with Gasteiger partial charge in [-0.2, -0.15) is 5.26 Å². The first-order valence-corrected chi connectivity index (χ1v) is 9.49. The maximum absolute atomic E-state index is 12.6. The number of amides is 1. The smallest absolute Gasteiger partial charge is 0.339 e. The number of nitriles is 1. The van der Waals surface area contributed by atoms with Crippen molar-refractivity contribution in [3.63, 3.8) is 0 Å². The highest BCUT2D eigenvalue weighted by Gasteiger charge is 2.17. The van der Waals surface area contributed by atoms with E-state index in [0.717, 1.165) is 16.9 Å². The molecule has 0 bridgehead atoms. The Labute approximate surface area is 176 Å². The van der Waals surface area contributed by atoms with Crippen LogP contribution in [0.15, 0.2) is 54.2 Å². The highest BCUT2D eigenvalue weighted by atomic mass is 16.5. The summed E-state index contributed by atoms with van der Waals surface area (Å²) in [6.45, 7) is 6.33. The zero-order valence-electron chi connectivity index (χ0n) is 17.5. The number of aryl methyl sites for hydroxylation is 1. The van der Waals surface area contributed by atoms with E-state index in [0.29, 0.717) is 6.61 Å². The lowest BCUT2D eigenvalue weighted by atomic mass is 10.0. The molecule has 1 unspecified atom stereocenters. The molecule has 1 atom stereocenters. The average Bonchev–Trinajstić information content (AvgIpc) is 2.75. The van der Waals surface area contributed by atoms with Crippen LogP contribution in [0.2, 0.25) is 0 Å². The molecule has 2 rings (SSSR count). The molecule has 0 heterocycles. The summed E-state index contributed by atoms with van der Waals surface area (Å²) in [6.07, 6.45) is 1.36. The summed E-state index contributed by atoms with van der Waals surface area (Å²) in [6, 6.07) is 14.0. The van der Waals surface area contributed by atoms with E-state index in [-0.39, 0.29) is 22.9 Å². The number of carbonyl (C=O) groups excluding carboxylic acids is 2. The molecule has 0 radical (unpaired) electrons. The lowest BCUT2D eigenvalue weighted by Gasteiger charge is -2.18. The zero-order valence-corrected chi connectivity index (χ0v) is 17.5. The van der Waals surface area contributed by atoms with Crippen LogP contribution in [0.3, 0.4) is 0 Å². The van der Waals surface area contributed by atoms with Crippen LogP contribution in [-0.2, 0) is 9.53 Å². The number of nitrogens with zero attached hydrogens (tertiary/aromatic N) is 1. The van der Waals surface area contributed by atoms with Gasteiger partial charge >= 0.3 is 5.97 Å². The number of anilines is 1. The van der Waals surface area contributed by atoms with Crippen LogP contribution in [0.4, 0.5) is 5.69 Å². The summed E-state index contributed by atoms with van der Waals surface area (Å²) < 4.78 is 10.4. The molecule has 0 aliphatic rings. The van der Waals surface area contributed by atoms with Crippen LogP contribution in [0, 0.1) is 18.3 Å². The van der Waals surface area contributed by atoms with Gasteiger partial charge in [-0.1, -0.05) is 29.8 Å². The zero-order chi connectivity index (χ0) is 22.1. The van der Waals surface area contributed by atoms with Gasteiger partial charge in [-0.15, -0.1) is 0 Å². The third-order valence-electron chi connectivity index (χ3n) is 4.35. The first-order chi connectivity index (χ1) is 14.4. The van der Waals surface area contributed by atoms with Crippen LogP contribution in [0.1, 0.15) is 41.4 Å². The number of esters is 1. The maximum atomic E-state index is 12.6. The van der Waals surface area contributed by atoms with Crippen molar-refractivity contribution >= 4 is 17.6 Å². The number of ether oxygens (including phenoxy) is 2. The maximum Gasteiger partial charge on any atom is 0.339 e. The van der Waals surface area contributed by atoms with Crippen molar-refractivity contribution in [3.8, 4) is 11.8 Å². The van der Waals surface area contributed by atoms with E-state index in [1.165, 1.54) is 19.4 Å². The van der Waals surface area contributed by atoms with Gasteiger partial charge in [0.15, 0.2) is 0 Å². The monoisotopic (exact) mass is 407 g/mol. The van der Waals surface area contributed by atoms with Crippen LogP contribution in [0.5, 0.6) is 5.75 Å². The van der Waals surface area contributed by atoms with Gasteiger partial charge in [0.1, 0.15) is 17.4 Å². The fourth-order valence-corrected chi connectivity index (χ4v) is 2.81. The second-order valence-electron chi connectivity index (χ2n) is 6.52. The predicted octanol–water partition coefficient (Wildman–Crippen LogP) is 3.88. The first-order valence-electron chi connectivity index (χ1n) is 9.49. The molecule has 156 valence electrons. The Hall–Kier alpha value is -3.79. The van der Waals surface area contributed by atoms with Crippen molar-refractivity contribution < 1.29 is 19.1 Å². The van der Waals surface area contributed by atoms with Crippen LogP contribution in [0.25, 0.3) is 0 Å². The molecule has 0 spiro atoms. The van der Waals surface area contributed by atoms with Gasteiger partial charge in [0.25, 0.3) is 5.91 Å². The minimum Gasteiger partial charge on any atom is -0.494 e. The van der Waals surface area contributed by atoms with Crippen molar-refractivity contribution in [2.24, 2.45) is 0 Å². The van der Waals surface area contributed by atoms with Gasteiger partial charge in [-0.25, -0.2) is 4.79 Å². The minimum atomic E-state index is -0.636. The molecule has 2 aromatic rings. The van der Waals surface area contributed by atoms with Crippen molar-refractivity contribution in [2.45, 2.75) is 26.8 Å². The molecule has 2 N–H and O–H groups in total. The Morgan fingerprint density at radius 1 is 1.23 bits per heavy atom. The number of hydrogen-bond donors (Lipinski definition) is 2. The molecule has 30 heavy (non-hydrogen) atoms. The topological polar surface area (TPSA) is 100 Å². The number of carbonyl (C=O) groups is 2. The lowest BCUT2D eigenvalue weighted by Crippen LogP contribution is -2.20. The van der Waals surface area contributed by atoms with Gasteiger partial charge in [0.05, 0.1) is 31.0 Å². The highest BCUT2D eigenvalue weighted by molar-refractivity contribution is 6.09. The molecule has 0 fully saturated rings. The highest BCUT2D eigenvalue weighted by Crippen LogP contribution is 2.26. The number of para-hydroxylation sites is 1. The number of methoxy groups -OCH3 is 1. The summed E-state index contributed by atoms with van der Waals surface area (Å²) in [5.41, 5.74) is 2.33. The first kappa shape index (κ1) is 22.5. The molecule has 0 aliphatic carbocycles. The minimum absolute atomic E-state index is 0.132. The molecule has 1 amide bonds. The van der Waals surface area contributed by atoms with Crippen LogP contribution in [-0.4, -0.2) is 25.6 Å². The fourth-order valence-electron chi connectivity index (χ4n) is 2.81. The van der Waals surface area contributed by atoms with Crippen LogP contribution < -0.4 is 15.4 Å². The third-order valence-corrected chi connectivity index (χ3v) is 4.35. The molecule has 2 aromatic carbocycles. The van der Waals surface area contributed by atoms with Crippen LogP contribution >= 0.6 is 0 Å². The summed E-state index contributed by atoms with van der Waals surface area (Å²) >= 11 is 0. The number of hydrogen-bond acceptors (Lipinski definition) is 6. The standard InChI is InChI=1S/C23H25N3O4/c1-5-30-21-11-10-15(2)12-19(21)16(3)25-14-17(13-24)22(27)26-20-9-7-6-8-18(20)23(28)29-4/h6-12,14,16,25H,5H2,1-4H3,(H,26,27)/b17-14-. The Bertz CT molecular complexity index is 992. The summed E-state index contributed by atoms with van der Waals surface area (Å²) in [4.78, 5) is 24.4. The molecule has 7 heteroatoms. The van der Waals surface area contributed by atoms with Crippen molar-refractivity contribution in [1.82, 2.24) is 5.32 Å². The van der Waals surface area contributed by atoms with E-state index in [1.807, 2.05) is 45.0 Å². The van der Waals surface area contributed by atoms with E-state index in [4.69, 9.17) is 9.47 Å². The van der Waals surface area contributed by atoms with E-state index >= 15 is 0 Å². The quantitative estimate of drug-likeness (QED) is 0.391. The SMILES string of the molecule is CCOc1ccc(C)cc1C(C)N/C=C(/C#N)C(=O)Nc1ccccc1C(=O)OC. The third kappa shape index (κ3) is 5.61. The molecule has 7 nitrogen and oxygen atoms in total. The largest absolute Gasteiger partial charge is 0.494 e. The second-order valence-corrected chi connectivity index (χ2v) is 6.52. The van der Waals surface area contributed by atoms with E-state index in [9.17, 15) is 14.9 Å². The molecule has 0 aromatic heterocycles. The van der Waals surface area contributed by atoms with Crippen molar-refractivity contribution in [1.29, 1.82) is 5.26 Å². The molecular weight excluding hydrogens is 382 g/mol. The van der Waals surface area contributed by atoms with E-state index in [2.05, 4.69) is 10.6 Å². The summed E-state index contributed by atoms with van der Waals surface area (Å²) in [5.74, 6) is -0.475. The summed E-state index contributed by atoms with van der Waals surface area (Å²) in [5, 5.41) is 15.1. The second kappa shape index (κ2) is 10.7. The Morgan fingerprint density at radius 3 is 2.63 bits per heavy atom.